The average Bonchev–Trinajstić information content (AvgIpc) is 2.85. The molecule has 1 amide bonds. The minimum absolute atomic E-state index is 0.126. The maximum atomic E-state index is 13.1. The molecule has 8 heteroatoms. The van der Waals surface area contributed by atoms with Gasteiger partial charge in [0.2, 0.25) is 0 Å². The van der Waals surface area contributed by atoms with E-state index in [1.54, 1.807) is 42.1 Å². The number of halogens is 1. The van der Waals surface area contributed by atoms with Crippen molar-refractivity contribution in [2.24, 2.45) is 7.05 Å². The Morgan fingerprint density at radius 3 is 2.41 bits per heavy atom. The molecule has 1 aliphatic rings. The Morgan fingerprint density at radius 2 is 1.76 bits per heavy atom. The molecule has 2 N–H and O–H groups in total. The number of nitrogens with zero attached hydrogens (tertiary/aromatic N) is 2. The Balaban J connectivity index is 1.76. The number of nitrogens with one attached hydrogen (secondary N) is 2. The predicted molar refractivity (Wildman–Crippen MR) is 113 cm³/mol. The summed E-state index contributed by atoms with van der Waals surface area (Å²) in [6.45, 7) is 0. The van der Waals surface area contributed by atoms with Gasteiger partial charge in [-0.15, -0.1) is 0 Å². The van der Waals surface area contributed by atoms with Gasteiger partial charge in [0.1, 0.15) is 5.52 Å². The van der Waals surface area contributed by atoms with Crippen LogP contribution >= 0.6 is 11.6 Å². The lowest BCUT2D eigenvalue weighted by Gasteiger charge is -2.15. The van der Waals surface area contributed by atoms with Crippen LogP contribution in [-0.2, 0) is 7.05 Å². The zero-order chi connectivity index (χ0) is 20.5. The van der Waals surface area contributed by atoms with Gasteiger partial charge in [0, 0.05) is 24.3 Å². The van der Waals surface area contributed by atoms with Crippen LogP contribution in [0.2, 0.25) is 5.02 Å². The van der Waals surface area contributed by atoms with E-state index in [1.165, 1.54) is 12.8 Å². The Morgan fingerprint density at radius 1 is 1.10 bits per heavy atom. The first-order valence-electron chi connectivity index (χ1n) is 9.87. The van der Waals surface area contributed by atoms with Crippen LogP contribution < -0.4 is 16.6 Å². The number of amides is 1. The number of hydrogen-bond donors (Lipinski definition) is 2. The summed E-state index contributed by atoms with van der Waals surface area (Å²) in [5.41, 5.74) is 0.170. The van der Waals surface area contributed by atoms with E-state index in [0.717, 1.165) is 30.3 Å². The van der Waals surface area contributed by atoms with Crippen LogP contribution in [0, 0.1) is 0 Å². The number of hydrogen-bond acceptors (Lipinski definition) is 3. The van der Waals surface area contributed by atoms with Gasteiger partial charge in [0.15, 0.2) is 0 Å². The van der Waals surface area contributed by atoms with Crippen molar-refractivity contribution >= 4 is 28.5 Å². The first-order valence-corrected chi connectivity index (χ1v) is 10.2. The highest BCUT2D eigenvalue weighted by Gasteiger charge is 2.22. The Kier molecular flexibility index (Phi) is 5.32. The zero-order valence-corrected chi connectivity index (χ0v) is 17.0. The van der Waals surface area contributed by atoms with E-state index in [1.807, 2.05) is 0 Å². The van der Waals surface area contributed by atoms with Gasteiger partial charge < -0.3 is 14.9 Å². The van der Waals surface area contributed by atoms with Crippen molar-refractivity contribution in [1.82, 2.24) is 19.4 Å². The molecule has 0 spiro atoms. The number of carbonyl (C=O) groups is 1. The molecule has 29 heavy (non-hydrogen) atoms. The molecule has 2 heterocycles. The summed E-state index contributed by atoms with van der Waals surface area (Å²) in [5, 5.41) is 3.58. The number of rotatable bonds is 3. The lowest BCUT2D eigenvalue weighted by molar-refractivity contribution is 0.0934. The maximum absolute atomic E-state index is 13.1. The third-order valence-electron chi connectivity index (χ3n) is 5.54. The van der Waals surface area contributed by atoms with Gasteiger partial charge in [-0.3, -0.25) is 9.59 Å². The van der Waals surface area contributed by atoms with Crippen LogP contribution in [0.5, 0.6) is 0 Å². The highest BCUT2D eigenvalue weighted by Crippen LogP contribution is 2.20. The van der Waals surface area contributed by atoms with Gasteiger partial charge in [-0.05, 0) is 37.1 Å². The zero-order valence-electron chi connectivity index (χ0n) is 16.2. The second kappa shape index (κ2) is 7.91. The summed E-state index contributed by atoms with van der Waals surface area (Å²) in [7, 11) is 1.69. The van der Waals surface area contributed by atoms with E-state index in [2.05, 4.69) is 10.3 Å². The molecule has 1 aromatic carbocycles. The van der Waals surface area contributed by atoms with E-state index < -0.39 is 11.2 Å². The van der Waals surface area contributed by atoms with Crippen LogP contribution in [0.15, 0.2) is 40.1 Å². The molecule has 0 aliphatic heterocycles. The standard InChI is InChI=1S/C21H23ClN4O3/c1-25-12-16(19(27)23-14-6-4-2-3-5-7-14)17-18(25)20(28)26(21(29)24-17)15-10-8-13(22)9-11-15/h8-12,14H,2-7H2,1H3,(H,23,27)(H,24,29). The number of aromatic amines is 1. The molecule has 0 saturated heterocycles. The van der Waals surface area contributed by atoms with Gasteiger partial charge in [-0.25, -0.2) is 9.36 Å². The number of fused-ring (bicyclic) bond motifs is 1. The summed E-state index contributed by atoms with van der Waals surface area (Å²) in [4.78, 5) is 41.4. The highest BCUT2D eigenvalue weighted by molar-refractivity contribution is 6.30. The fourth-order valence-corrected chi connectivity index (χ4v) is 4.18. The van der Waals surface area contributed by atoms with Crippen molar-refractivity contribution in [2.75, 3.05) is 0 Å². The summed E-state index contributed by atoms with van der Waals surface area (Å²) in [6, 6.07) is 6.56. The first-order chi connectivity index (χ1) is 14.0. The lowest BCUT2D eigenvalue weighted by Crippen LogP contribution is -2.36. The monoisotopic (exact) mass is 414 g/mol. The molecule has 1 aliphatic carbocycles. The fraction of sp³-hybridized carbons (Fsp3) is 0.381. The van der Waals surface area contributed by atoms with Crippen molar-refractivity contribution in [1.29, 1.82) is 0 Å². The molecular weight excluding hydrogens is 392 g/mol. The first kappa shape index (κ1) is 19.5. The molecule has 2 aromatic heterocycles. The molecule has 1 saturated carbocycles. The predicted octanol–water partition coefficient (Wildman–Crippen LogP) is 3.12. The molecule has 1 fully saturated rings. The maximum Gasteiger partial charge on any atom is 0.333 e. The molecule has 3 aromatic rings. The summed E-state index contributed by atoms with van der Waals surface area (Å²) >= 11 is 5.91. The van der Waals surface area contributed by atoms with Crippen LogP contribution in [0.1, 0.15) is 48.9 Å². The fourth-order valence-electron chi connectivity index (χ4n) is 4.06. The van der Waals surface area contributed by atoms with E-state index in [4.69, 9.17) is 11.6 Å². The molecule has 0 radical (unpaired) electrons. The number of aryl methyl sites for hydroxylation is 1. The van der Waals surface area contributed by atoms with Crippen LogP contribution in [0.4, 0.5) is 0 Å². The summed E-state index contributed by atoms with van der Waals surface area (Å²) in [6.07, 6.45) is 8.09. The topological polar surface area (TPSA) is 88.9 Å². The molecule has 0 atom stereocenters. The average molecular weight is 415 g/mol. The van der Waals surface area contributed by atoms with Crippen LogP contribution in [0.3, 0.4) is 0 Å². The van der Waals surface area contributed by atoms with Crippen molar-refractivity contribution in [3.63, 3.8) is 0 Å². The van der Waals surface area contributed by atoms with Crippen molar-refractivity contribution < 1.29 is 4.79 Å². The normalized spacial score (nSPS) is 15.4. The quantitative estimate of drug-likeness (QED) is 0.645. The van der Waals surface area contributed by atoms with Gasteiger partial charge in [-0.2, -0.15) is 0 Å². The molecule has 7 nitrogen and oxygen atoms in total. The van der Waals surface area contributed by atoms with Gasteiger partial charge in [-0.1, -0.05) is 37.3 Å². The molecule has 152 valence electrons. The second-order valence-electron chi connectivity index (χ2n) is 7.59. The summed E-state index contributed by atoms with van der Waals surface area (Å²) < 4.78 is 2.63. The van der Waals surface area contributed by atoms with Gasteiger partial charge in [0.25, 0.3) is 11.5 Å². The lowest BCUT2D eigenvalue weighted by atomic mass is 10.1. The highest BCUT2D eigenvalue weighted by atomic mass is 35.5. The third kappa shape index (κ3) is 3.74. The second-order valence-corrected chi connectivity index (χ2v) is 8.02. The number of benzene rings is 1. The van der Waals surface area contributed by atoms with E-state index in [0.29, 0.717) is 16.3 Å². The van der Waals surface area contributed by atoms with Crippen LogP contribution in [-0.4, -0.2) is 26.1 Å². The Hall–Kier alpha value is -2.80. The van der Waals surface area contributed by atoms with Crippen molar-refractivity contribution in [3.05, 3.63) is 61.9 Å². The van der Waals surface area contributed by atoms with Crippen molar-refractivity contribution in [2.45, 2.75) is 44.6 Å². The molecular formula is C21H23ClN4O3. The third-order valence-corrected chi connectivity index (χ3v) is 5.79. The smallest absolute Gasteiger partial charge is 0.333 e. The van der Waals surface area contributed by atoms with Crippen LogP contribution in [0.25, 0.3) is 16.7 Å². The molecule has 4 rings (SSSR count). The number of H-pyrrole nitrogens is 1. The number of carbonyl (C=O) groups excluding carboxylic acids is 1. The Labute approximate surface area is 172 Å². The summed E-state index contributed by atoms with van der Waals surface area (Å²) in [5.74, 6) is -0.262. The van der Waals surface area contributed by atoms with E-state index in [9.17, 15) is 14.4 Å². The Bertz CT molecular complexity index is 1170. The van der Waals surface area contributed by atoms with Gasteiger partial charge >= 0.3 is 5.69 Å². The SMILES string of the molecule is Cn1cc(C(=O)NC2CCCCCC2)c2[nH]c(=O)n(-c3ccc(Cl)cc3)c(=O)c21. The number of aromatic nitrogens is 3. The van der Waals surface area contributed by atoms with Gasteiger partial charge in [0.05, 0.1) is 16.8 Å². The minimum Gasteiger partial charge on any atom is -0.349 e. The minimum atomic E-state index is -0.598. The van der Waals surface area contributed by atoms with E-state index in [-0.39, 0.29) is 23.0 Å². The van der Waals surface area contributed by atoms with E-state index >= 15 is 0 Å². The molecule has 0 unspecified atom stereocenters. The van der Waals surface area contributed by atoms with Crippen molar-refractivity contribution in [3.8, 4) is 5.69 Å². The largest absolute Gasteiger partial charge is 0.349 e. The molecule has 0 bridgehead atoms.